The highest BCUT2D eigenvalue weighted by Crippen LogP contribution is 2.22. The number of carbonyl (C=O) groups excluding carboxylic acids is 1. The maximum absolute atomic E-state index is 11.4. The fraction of sp³-hybridized carbons (Fsp3) is 0.429. The van der Waals surface area contributed by atoms with Crippen LogP contribution in [0.3, 0.4) is 0 Å². The lowest BCUT2D eigenvalue weighted by molar-refractivity contribution is -0.139. The van der Waals surface area contributed by atoms with Crippen molar-refractivity contribution in [2.45, 2.75) is 26.3 Å². The minimum atomic E-state index is -0.278. The van der Waals surface area contributed by atoms with E-state index in [1.807, 2.05) is 18.2 Å². The van der Waals surface area contributed by atoms with Crippen molar-refractivity contribution in [3.05, 3.63) is 24.0 Å². The highest BCUT2D eigenvalue weighted by molar-refractivity contribution is 5.79. The molecule has 5 nitrogen and oxygen atoms in total. The molecule has 0 radical (unpaired) electrons. The normalized spacial score (nSPS) is 10.7. The molecule has 5 heteroatoms. The number of imidazole rings is 1. The Kier molecular flexibility index (Phi) is 4.04. The Morgan fingerprint density at radius 2 is 2.16 bits per heavy atom. The molecule has 0 aliphatic rings. The highest BCUT2D eigenvalue weighted by Gasteiger charge is 2.14. The molecule has 0 fully saturated rings. The molecule has 1 aromatic carbocycles. The van der Waals surface area contributed by atoms with E-state index in [4.69, 9.17) is 9.47 Å². The molecule has 0 bridgehead atoms. The predicted molar refractivity (Wildman–Crippen MR) is 72.3 cm³/mol. The number of methoxy groups -OCH3 is 2. The van der Waals surface area contributed by atoms with Crippen molar-refractivity contribution < 1.29 is 14.3 Å². The van der Waals surface area contributed by atoms with E-state index in [2.05, 4.69) is 16.5 Å². The molecule has 102 valence electrons. The number of carbonyl (C=O) groups is 1. The van der Waals surface area contributed by atoms with E-state index in [0.29, 0.717) is 0 Å². The zero-order valence-corrected chi connectivity index (χ0v) is 11.5. The first-order chi connectivity index (χ1) is 9.19. The van der Waals surface area contributed by atoms with E-state index in [1.54, 1.807) is 7.11 Å². The molecule has 0 saturated heterocycles. The van der Waals surface area contributed by atoms with Gasteiger partial charge in [0.25, 0.3) is 0 Å². The van der Waals surface area contributed by atoms with Crippen molar-refractivity contribution in [2.75, 3.05) is 14.2 Å². The second kappa shape index (κ2) is 5.73. The number of ether oxygens (including phenoxy) is 2. The van der Waals surface area contributed by atoms with Crippen LogP contribution < -0.4 is 4.74 Å². The van der Waals surface area contributed by atoms with Crippen molar-refractivity contribution in [3.63, 3.8) is 0 Å². The molecule has 0 aliphatic carbocycles. The average molecular weight is 262 g/mol. The number of hydrogen-bond acceptors (Lipinski definition) is 4. The first kappa shape index (κ1) is 13.4. The molecule has 0 N–H and O–H groups in total. The van der Waals surface area contributed by atoms with E-state index in [9.17, 15) is 4.79 Å². The van der Waals surface area contributed by atoms with Crippen LogP contribution in [0.5, 0.6) is 5.75 Å². The van der Waals surface area contributed by atoms with Crippen LogP contribution in [0.25, 0.3) is 11.0 Å². The summed E-state index contributed by atoms with van der Waals surface area (Å²) in [6, 6.07) is 5.75. The molecule has 0 unspecified atom stereocenters. The van der Waals surface area contributed by atoms with Crippen LogP contribution in [0.4, 0.5) is 0 Å². The molecule has 1 heterocycles. The van der Waals surface area contributed by atoms with Gasteiger partial charge in [0.2, 0.25) is 0 Å². The summed E-state index contributed by atoms with van der Waals surface area (Å²) in [5.41, 5.74) is 1.85. The molecular weight excluding hydrogens is 244 g/mol. The van der Waals surface area contributed by atoms with Gasteiger partial charge in [0.1, 0.15) is 18.0 Å². The van der Waals surface area contributed by atoms with Gasteiger partial charge in [0.05, 0.1) is 25.3 Å². The van der Waals surface area contributed by atoms with Crippen LogP contribution in [-0.4, -0.2) is 29.7 Å². The summed E-state index contributed by atoms with van der Waals surface area (Å²) in [6.07, 6.45) is 1.17. The van der Waals surface area contributed by atoms with Gasteiger partial charge in [-0.2, -0.15) is 0 Å². The maximum Gasteiger partial charge on any atom is 0.313 e. The van der Waals surface area contributed by atoms with E-state index >= 15 is 0 Å². The van der Waals surface area contributed by atoms with Gasteiger partial charge < -0.3 is 14.0 Å². The Hall–Kier alpha value is -2.04. The molecule has 0 aliphatic heterocycles. The number of fused-ring (bicyclic) bond motifs is 1. The zero-order chi connectivity index (χ0) is 13.8. The van der Waals surface area contributed by atoms with Gasteiger partial charge in [0, 0.05) is 12.6 Å². The Balaban J connectivity index is 2.48. The third-order valence-electron chi connectivity index (χ3n) is 3.01. The van der Waals surface area contributed by atoms with Crippen LogP contribution in [0.1, 0.15) is 19.2 Å². The first-order valence-corrected chi connectivity index (χ1v) is 6.29. The van der Waals surface area contributed by atoms with Crippen LogP contribution in [-0.2, 0) is 22.5 Å². The molecule has 0 spiro atoms. The summed E-state index contributed by atoms with van der Waals surface area (Å²) in [7, 11) is 3.01. The summed E-state index contributed by atoms with van der Waals surface area (Å²) in [4.78, 5) is 15.9. The van der Waals surface area contributed by atoms with E-state index in [-0.39, 0.29) is 12.4 Å². The maximum atomic E-state index is 11.4. The summed E-state index contributed by atoms with van der Waals surface area (Å²) in [5, 5.41) is 0. The monoisotopic (exact) mass is 262 g/mol. The Labute approximate surface area is 112 Å². The summed E-state index contributed by atoms with van der Waals surface area (Å²) < 4.78 is 12.0. The second-order valence-electron chi connectivity index (χ2n) is 4.29. The van der Waals surface area contributed by atoms with Gasteiger partial charge in [0.15, 0.2) is 0 Å². The molecule has 1 aromatic heterocycles. The summed E-state index contributed by atoms with van der Waals surface area (Å²) in [6.45, 7) is 2.92. The molecule has 2 rings (SSSR count). The molecule has 19 heavy (non-hydrogen) atoms. The lowest BCUT2D eigenvalue weighted by Gasteiger charge is -2.07. The van der Waals surface area contributed by atoms with E-state index < -0.39 is 0 Å². The molecule has 0 atom stereocenters. The minimum absolute atomic E-state index is 0.188. The Morgan fingerprint density at radius 3 is 2.79 bits per heavy atom. The molecule has 0 saturated carbocycles. The fourth-order valence-corrected chi connectivity index (χ4v) is 2.10. The third-order valence-corrected chi connectivity index (χ3v) is 3.01. The molecule has 2 aromatic rings. The van der Waals surface area contributed by atoms with Gasteiger partial charge in [-0.3, -0.25) is 4.79 Å². The van der Waals surface area contributed by atoms with Crippen molar-refractivity contribution in [1.29, 1.82) is 0 Å². The number of esters is 1. The van der Waals surface area contributed by atoms with Crippen molar-refractivity contribution >= 4 is 17.0 Å². The summed E-state index contributed by atoms with van der Waals surface area (Å²) in [5.74, 6) is 1.22. The summed E-state index contributed by atoms with van der Waals surface area (Å²) >= 11 is 0. The van der Waals surface area contributed by atoms with Crippen LogP contribution >= 0.6 is 0 Å². The lowest BCUT2D eigenvalue weighted by Crippen LogP contribution is -2.11. The van der Waals surface area contributed by atoms with Gasteiger partial charge in [-0.05, 0) is 18.6 Å². The fourth-order valence-electron chi connectivity index (χ4n) is 2.10. The quantitative estimate of drug-likeness (QED) is 0.775. The largest absolute Gasteiger partial charge is 0.497 e. The second-order valence-corrected chi connectivity index (χ2v) is 4.29. The average Bonchev–Trinajstić information content (AvgIpc) is 2.76. The number of hydrogen-bond donors (Lipinski definition) is 0. The van der Waals surface area contributed by atoms with Gasteiger partial charge >= 0.3 is 5.97 Å². The molecule has 0 amide bonds. The van der Waals surface area contributed by atoms with Crippen LogP contribution in [0.2, 0.25) is 0 Å². The Bertz CT molecular complexity index is 590. The standard InChI is InChI=1S/C14H18N2O3/c1-4-7-16-12-6-5-10(18-2)8-11(12)15-13(16)9-14(17)19-3/h5-6,8H,4,7,9H2,1-3H3. The minimum Gasteiger partial charge on any atom is -0.497 e. The van der Waals surface area contributed by atoms with Gasteiger partial charge in [-0.1, -0.05) is 6.92 Å². The van der Waals surface area contributed by atoms with E-state index in [1.165, 1.54) is 7.11 Å². The highest BCUT2D eigenvalue weighted by atomic mass is 16.5. The lowest BCUT2D eigenvalue weighted by atomic mass is 10.3. The third kappa shape index (κ3) is 2.70. The number of aromatic nitrogens is 2. The predicted octanol–water partition coefficient (Wildman–Crippen LogP) is 2.17. The van der Waals surface area contributed by atoms with E-state index in [0.717, 1.165) is 35.6 Å². The SMILES string of the molecule is CCCn1c(CC(=O)OC)nc2cc(OC)ccc21. The Morgan fingerprint density at radius 1 is 1.37 bits per heavy atom. The topological polar surface area (TPSA) is 53.4 Å². The van der Waals surface area contributed by atoms with Crippen LogP contribution in [0, 0.1) is 0 Å². The molecular formula is C14H18N2O3. The smallest absolute Gasteiger partial charge is 0.313 e. The van der Waals surface area contributed by atoms with Crippen LogP contribution in [0.15, 0.2) is 18.2 Å². The van der Waals surface area contributed by atoms with Crippen molar-refractivity contribution in [2.24, 2.45) is 0 Å². The van der Waals surface area contributed by atoms with Crippen molar-refractivity contribution in [1.82, 2.24) is 9.55 Å². The number of nitrogens with zero attached hydrogens (tertiary/aromatic N) is 2. The van der Waals surface area contributed by atoms with Crippen molar-refractivity contribution in [3.8, 4) is 5.75 Å². The first-order valence-electron chi connectivity index (χ1n) is 6.29. The number of rotatable bonds is 5. The number of aryl methyl sites for hydroxylation is 1. The number of benzene rings is 1. The zero-order valence-electron chi connectivity index (χ0n) is 11.5. The van der Waals surface area contributed by atoms with Gasteiger partial charge in [-0.25, -0.2) is 4.98 Å². The van der Waals surface area contributed by atoms with Gasteiger partial charge in [-0.15, -0.1) is 0 Å².